The average Bonchev–Trinajstić information content (AvgIpc) is 3.00. The van der Waals surface area contributed by atoms with E-state index in [-0.39, 0.29) is 48.2 Å². The van der Waals surface area contributed by atoms with Gasteiger partial charge < -0.3 is 40.7 Å². The number of benzene rings is 1. The lowest BCUT2D eigenvalue weighted by molar-refractivity contribution is -0.139. The second-order valence-corrected chi connectivity index (χ2v) is 7.66. The molecule has 1 fully saturated rings. The van der Waals surface area contributed by atoms with Crippen LogP contribution in [0.1, 0.15) is 23.1 Å². The number of carbonyl (C=O) groups excluding carboxylic acids is 1. The van der Waals surface area contributed by atoms with Crippen molar-refractivity contribution in [1.29, 1.82) is 0 Å². The first-order chi connectivity index (χ1) is 13.7. The molecule has 0 radical (unpaired) electrons. The minimum Gasteiger partial charge on any atom is -0.507 e. The van der Waals surface area contributed by atoms with Crippen LogP contribution in [0.5, 0.6) is 11.5 Å². The van der Waals surface area contributed by atoms with Crippen molar-refractivity contribution >= 4 is 29.5 Å². The average molecular weight is 423 g/mol. The summed E-state index contributed by atoms with van der Waals surface area (Å²) in [5.74, 6) is -0.389. The van der Waals surface area contributed by atoms with Gasteiger partial charge in [0, 0.05) is 5.38 Å². The Balaban J connectivity index is 1.60. The highest BCUT2D eigenvalue weighted by Gasteiger charge is 2.33. The largest absolute Gasteiger partial charge is 0.507 e. The molecule has 1 amide bonds. The summed E-state index contributed by atoms with van der Waals surface area (Å²) in [5.41, 5.74) is 6.31. The molecule has 0 spiro atoms. The first-order valence-electron chi connectivity index (χ1n) is 8.96. The molecular formula is C17H22BN3O7S. The normalized spacial score (nSPS) is 14.2. The van der Waals surface area contributed by atoms with E-state index >= 15 is 0 Å². The van der Waals surface area contributed by atoms with Gasteiger partial charge in [-0.1, -0.05) is 6.07 Å². The summed E-state index contributed by atoms with van der Waals surface area (Å²) in [5, 5.41) is 49.7. The van der Waals surface area contributed by atoms with Crippen LogP contribution in [-0.2, 0) is 17.6 Å². The molecule has 0 saturated carbocycles. The van der Waals surface area contributed by atoms with Gasteiger partial charge in [-0.2, -0.15) is 0 Å². The van der Waals surface area contributed by atoms with Crippen molar-refractivity contribution in [2.45, 2.75) is 31.6 Å². The summed E-state index contributed by atoms with van der Waals surface area (Å²) in [6.07, 6.45) is -2.07. The van der Waals surface area contributed by atoms with Crippen molar-refractivity contribution in [3.8, 4) is 11.5 Å². The van der Waals surface area contributed by atoms with E-state index in [0.717, 1.165) is 0 Å². The van der Waals surface area contributed by atoms with Gasteiger partial charge in [0.1, 0.15) is 17.6 Å². The van der Waals surface area contributed by atoms with Crippen molar-refractivity contribution in [1.82, 2.24) is 9.88 Å². The van der Waals surface area contributed by atoms with Crippen LogP contribution in [0, 0.1) is 0 Å². The van der Waals surface area contributed by atoms with Crippen LogP contribution in [0.25, 0.3) is 0 Å². The predicted octanol–water partition coefficient (Wildman–Crippen LogP) is -0.738. The number of rotatable bonds is 8. The van der Waals surface area contributed by atoms with Crippen LogP contribution in [0.4, 0.5) is 5.13 Å². The van der Waals surface area contributed by atoms with Crippen LogP contribution in [0.3, 0.4) is 0 Å². The van der Waals surface area contributed by atoms with Gasteiger partial charge in [-0.05, 0) is 24.4 Å². The molecule has 1 saturated heterocycles. The molecule has 10 nitrogen and oxygen atoms in total. The molecule has 3 rings (SSSR count). The van der Waals surface area contributed by atoms with E-state index in [0.29, 0.717) is 29.5 Å². The second kappa shape index (κ2) is 8.97. The molecule has 12 heteroatoms. The number of aromatic nitrogens is 1. The highest BCUT2D eigenvalue weighted by molar-refractivity contribution is 7.13. The predicted molar refractivity (Wildman–Crippen MR) is 105 cm³/mol. The van der Waals surface area contributed by atoms with Crippen molar-refractivity contribution in [3.05, 3.63) is 34.3 Å². The highest BCUT2D eigenvalue weighted by Crippen LogP contribution is 2.37. The van der Waals surface area contributed by atoms with Gasteiger partial charge in [0.2, 0.25) is 5.91 Å². The fourth-order valence-electron chi connectivity index (χ4n) is 3.04. The molecule has 1 aliphatic heterocycles. The van der Waals surface area contributed by atoms with Crippen molar-refractivity contribution in [2.75, 3.05) is 18.8 Å². The van der Waals surface area contributed by atoms with Gasteiger partial charge in [0.05, 0.1) is 30.8 Å². The van der Waals surface area contributed by atoms with Crippen molar-refractivity contribution in [2.24, 2.45) is 0 Å². The minimum atomic E-state index is -1.98. The number of aliphatic hydroxyl groups is 2. The lowest BCUT2D eigenvalue weighted by Gasteiger charge is -2.39. The Morgan fingerprint density at radius 2 is 2.10 bits per heavy atom. The zero-order valence-electron chi connectivity index (χ0n) is 15.4. The van der Waals surface area contributed by atoms with Crippen LogP contribution in [0.2, 0.25) is 6.32 Å². The standard InChI is InChI=1S/C17H22BN3O7S/c19-17-20-10(8-29-17)5-13(22)21-6-11(7-21)28-12-2-1-9(3-4-18(26)27)15(23)14(12)16(24)25/h1-2,8,11,16,23-27H,3-7H2,(H2,19,20). The molecule has 2 aromatic rings. The Bertz CT molecular complexity index is 871. The van der Waals surface area contributed by atoms with Gasteiger partial charge in [-0.25, -0.2) is 4.98 Å². The van der Waals surface area contributed by atoms with Gasteiger partial charge in [0.15, 0.2) is 11.4 Å². The number of amides is 1. The Morgan fingerprint density at radius 1 is 1.38 bits per heavy atom. The third-order valence-electron chi connectivity index (χ3n) is 4.59. The van der Waals surface area contributed by atoms with Crippen LogP contribution in [0.15, 0.2) is 17.5 Å². The maximum atomic E-state index is 12.2. The molecule has 2 heterocycles. The number of likely N-dealkylation sites (tertiary alicyclic amines) is 1. The molecule has 0 bridgehead atoms. The summed E-state index contributed by atoms with van der Waals surface area (Å²) < 4.78 is 5.73. The number of hydrogen-bond donors (Lipinski definition) is 6. The van der Waals surface area contributed by atoms with E-state index in [1.54, 1.807) is 10.3 Å². The zero-order valence-corrected chi connectivity index (χ0v) is 16.2. The number of phenols is 1. The monoisotopic (exact) mass is 423 g/mol. The Labute approximate surface area is 171 Å². The molecule has 29 heavy (non-hydrogen) atoms. The Hall–Kier alpha value is -2.38. The number of nitrogens with zero attached hydrogens (tertiary/aromatic N) is 2. The van der Waals surface area contributed by atoms with E-state index in [4.69, 9.17) is 20.5 Å². The third kappa shape index (κ3) is 5.16. The highest BCUT2D eigenvalue weighted by atomic mass is 32.1. The lowest BCUT2D eigenvalue weighted by Crippen LogP contribution is -2.56. The molecule has 156 valence electrons. The summed E-state index contributed by atoms with van der Waals surface area (Å²) >= 11 is 1.27. The fourth-order valence-corrected chi connectivity index (χ4v) is 3.60. The number of aromatic hydroxyl groups is 1. The molecular weight excluding hydrogens is 401 g/mol. The molecule has 7 N–H and O–H groups in total. The van der Waals surface area contributed by atoms with E-state index < -0.39 is 13.4 Å². The number of ether oxygens (including phenoxy) is 1. The third-order valence-corrected chi connectivity index (χ3v) is 5.31. The number of nitrogens with two attached hydrogens (primary N) is 1. The fraction of sp³-hybridized carbons (Fsp3) is 0.412. The number of nitrogen functional groups attached to an aromatic ring is 1. The first kappa shape index (κ1) is 21.3. The maximum Gasteiger partial charge on any atom is 0.451 e. The second-order valence-electron chi connectivity index (χ2n) is 6.77. The first-order valence-corrected chi connectivity index (χ1v) is 9.84. The number of aliphatic hydroxyl groups excluding tert-OH is 1. The number of thiazole rings is 1. The Morgan fingerprint density at radius 3 is 2.69 bits per heavy atom. The number of phenolic OH excluding ortho intramolecular Hbond substituents is 1. The quantitative estimate of drug-likeness (QED) is 0.237. The summed E-state index contributed by atoms with van der Waals surface area (Å²) in [7, 11) is -1.54. The van der Waals surface area contributed by atoms with Crippen LogP contribution in [-0.4, -0.2) is 67.5 Å². The SMILES string of the molecule is Nc1nc(CC(=O)N2CC(Oc3ccc(CCB(O)O)c(O)c3C(O)O)C2)cs1. The van der Waals surface area contributed by atoms with Gasteiger partial charge >= 0.3 is 7.12 Å². The van der Waals surface area contributed by atoms with E-state index in [1.807, 2.05) is 0 Å². The summed E-state index contributed by atoms with van der Waals surface area (Å²) in [4.78, 5) is 17.9. The molecule has 1 aromatic carbocycles. The van der Waals surface area contributed by atoms with Crippen LogP contribution >= 0.6 is 11.3 Å². The van der Waals surface area contributed by atoms with Gasteiger partial charge in [-0.3, -0.25) is 4.79 Å². The van der Waals surface area contributed by atoms with Crippen molar-refractivity contribution in [3.63, 3.8) is 0 Å². The summed E-state index contributed by atoms with van der Waals surface area (Å²) in [6, 6.07) is 3.00. The van der Waals surface area contributed by atoms with Crippen LogP contribution < -0.4 is 10.5 Å². The smallest absolute Gasteiger partial charge is 0.451 e. The molecule has 1 aliphatic rings. The minimum absolute atomic E-state index is 0.0148. The van der Waals surface area contributed by atoms with E-state index in [2.05, 4.69) is 4.98 Å². The van der Waals surface area contributed by atoms with E-state index in [9.17, 15) is 20.1 Å². The number of aryl methyl sites for hydroxylation is 1. The van der Waals surface area contributed by atoms with Gasteiger partial charge in [-0.15, -0.1) is 11.3 Å². The van der Waals surface area contributed by atoms with Crippen molar-refractivity contribution < 1.29 is 34.9 Å². The lowest BCUT2D eigenvalue weighted by atomic mass is 9.82. The number of carbonyl (C=O) groups is 1. The maximum absolute atomic E-state index is 12.2. The van der Waals surface area contributed by atoms with E-state index in [1.165, 1.54) is 23.5 Å². The number of hydrogen-bond acceptors (Lipinski definition) is 10. The van der Waals surface area contributed by atoms with Gasteiger partial charge in [0.25, 0.3) is 0 Å². The zero-order chi connectivity index (χ0) is 21.1. The topological polar surface area (TPSA) is 170 Å². The number of anilines is 1. The molecule has 0 atom stereocenters. The molecule has 0 unspecified atom stereocenters. The Kier molecular flexibility index (Phi) is 6.60. The molecule has 1 aromatic heterocycles. The summed E-state index contributed by atoms with van der Waals surface area (Å²) in [6.45, 7) is 0.636. The molecule has 0 aliphatic carbocycles.